The molecule has 0 saturated heterocycles. The first-order valence-electron chi connectivity index (χ1n) is 5.23. The molecule has 1 atom stereocenters. The van der Waals surface area contributed by atoms with Crippen LogP contribution in [-0.2, 0) is 14.3 Å². The molecule has 2 N–H and O–H groups in total. The molecule has 0 aliphatic carbocycles. The van der Waals surface area contributed by atoms with Gasteiger partial charge in [0.1, 0.15) is 0 Å². The highest BCUT2D eigenvalue weighted by atomic mass is 16.5. The van der Waals surface area contributed by atoms with Crippen LogP contribution in [0.4, 0.5) is 0 Å². The van der Waals surface area contributed by atoms with Gasteiger partial charge in [0.15, 0.2) is 0 Å². The highest BCUT2D eigenvalue weighted by molar-refractivity contribution is 5.76. The molecule has 0 radical (unpaired) electrons. The van der Waals surface area contributed by atoms with Gasteiger partial charge in [-0.2, -0.15) is 0 Å². The topological polar surface area (TPSA) is 59.6 Å². The van der Waals surface area contributed by atoms with Crippen molar-refractivity contribution in [2.24, 2.45) is 0 Å². The molecule has 0 spiro atoms. The zero-order valence-corrected chi connectivity index (χ0v) is 9.84. The Balaban J connectivity index is 3.50. The van der Waals surface area contributed by atoms with Crippen molar-refractivity contribution in [3.63, 3.8) is 0 Å². The summed E-state index contributed by atoms with van der Waals surface area (Å²) in [6, 6.07) is 0. The van der Waals surface area contributed by atoms with Crippen molar-refractivity contribution >= 4 is 5.91 Å². The summed E-state index contributed by atoms with van der Waals surface area (Å²) < 4.78 is 10.0. The van der Waals surface area contributed by atoms with Gasteiger partial charge < -0.3 is 20.1 Å². The molecule has 1 unspecified atom stereocenters. The van der Waals surface area contributed by atoms with E-state index in [9.17, 15) is 4.79 Å². The highest BCUT2D eigenvalue weighted by Gasteiger charge is 2.08. The maximum absolute atomic E-state index is 11.3. The molecule has 0 aromatic carbocycles. The molecule has 0 rings (SSSR count). The first-order valence-corrected chi connectivity index (χ1v) is 5.23. The van der Waals surface area contributed by atoms with Crippen molar-refractivity contribution in [3.05, 3.63) is 0 Å². The van der Waals surface area contributed by atoms with E-state index in [1.54, 1.807) is 14.2 Å². The van der Waals surface area contributed by atoms with Gasteiger partial charge in [-0.1, -0.05) is 6.92 Å². The van der Waals surface area contributed by atoms with Gasteiger partial charge in [0.2, 0.25) is 5.91 Å². The summed E-state index contributed by atoms with van der Waals surface area (Å²) in [5.41, 5.74) is 0. The summed E-state index contributed by atoms with van der Waals surface area (Å²) in [5.74, 6) is 0.0362. The summed E-state index contributed by atoms with van der Waals surface area (Å²) in [5, 5.41) is 5.88. The predicted octanol–water partition coefficient (Wildman–Crippen LogP) is -0.236. The molecule has 0 saturated carbocycles. The van der Waals surface area contributed by atoms with Crippen molar-refractivity contribution in [2.45, 2.75) is 19.4 Å². The standard InChI is InChI=1S/C10H22N2O3/c1-4-11-6-5-10(13)12-7-9(15-3)8-14-2/h9,11H,4-8H2,1-3H3,(H,12,13). The SMILES string of the molecule is CCNCCC(=O)NCC(COC)OC. The summed E-state index contributed by atoms with van der Waals surface area (Å²) in [7, 11) is 3.22. The number of rotatable bonds is 9. The molecule has 0 aromatic rings. The number of carbonyl (C=O) groups is 1. The van der Waals surface area contributed by atoms with E-state index in [0.29, 0.717) is 26.1 Å². The van der Waals surface area contributed by atoms with Crippen LogP contribution in [0.25, 0.3) is 0 Å². The average Bonchev–Trinajstić information content (AvgIpc) is 2.24. The van der Waals surface area contributed by atoms with E-state index in [2.05, 4.69) is 10.6 Å². The number of hydrogen-bond donors (Lipinski definition) is 2. The first-order chi connectivity index (χ1) is 7.24. The minimum atomic E-state index is -0.0712. The third-order valence-corrected chi connectivity index (χ3v) is 1.99. The fourth-order valence-electron chi connectivity index (χ4n) is 1.09. The van der Waals surface area contributed by atoms with Gasteiger partial charge in [0.05, 0.1) is 12.7 Å². The van der Waals surface area contributed by atoms with Gasteiger partial charge in [0, 0.05) is 33.7 Å². The van der Waals surface area contributed by atoms with Gasteiger partial charge in [-0.15, -0.1) is 0 Å². The molecule has 0 bridgehead atoms. The molecule has 5 heteroatoms. The van der Waals surface area contributed by atoms with Crippen molar-refractivity contribution in [3.8, 4) is 0 Å². The van der Waals surface area contributed by atoms with Gasteiger partial charge in [-0.3, -0.25) is 4.79 Å². The third kappa shape index (κ3) is 8.35. The second-order valence-electron chi connectivity index (χ2n) is 3.22. The number of carbonyl (C=O) groups excluding carboxylic acids is 1. The Hall–Kier alpha value is -0.650. The molecule has 0 aromatic heterocycles. The van der Waals surface area contributed by atoms with E-state index in [1.165, 1.54) is 0 Å². The van der Waals surface area contributed by atoms with Crippen LogP contribution in [0.15, 0.2) is 0 Å². The second-order valence-corrected chi connectivity index (χ2v) is 3.22. The van der Waals surface area contributed by atoms with Gasteiger partial charge in [0.25, 0.3) is 0 Å². The fourth-order valence-corrected chi connectivity index (χ4v) is 1.09. The van der Waals surface area contributed by atoms with Gasteiger partial charge in [-0.05, 0) is 6.54 Å². The molecule has 5 nitrogen and oxygen atoms in total. The smallest absolute Gasteiger partial charge is 0.221 e. The summed E-state index contributed by atoms with van der Waals surface area (Å²) >= 11 is 0. The molecular weight excluding hydrogens is 196 g/mol. The lowest BCUT2D eigenvalue weighted by atomic mass is 10.3. The minimum Gasteiger partial charge on any atom is -0.382 e. The third-order valence-electron chi connectivity index (χ3n) is 1.99. The Morgan fingerprint density at radius 1 is 1.40 bits per heavy atom. The number of methoxy groups -OCH3 is 2. The lowest BCUT2D eigenvalue weighted by Gasteiger charge is -2.14. The zero-order chi connectivity index (χ0) is 11.5. The van der Waals surface area contributed by atoms with Crippen LogP contribution < -0.4 is 10.6 Å². The summed E-state index contributed by atoms with van der Waals surface area (Å²) in [6.45, 7) is 4.60. The maximum atomic E-state index is 11.3. The Kier molecular flexibility index (Phi) is 9.46. The van der Waals surface area contributed by atoms with Crippen LogP contribution in [0.5, 0.6) is 0 Å². The van der Waals surface area contributed by atoms with E-state index in [0.717, 1.165) is 6.54 Å². The normalized spacial score (nSPS) is 12.5. The molecule has 1 amide bonds. The van der Waals surface area contributed by atoms with Crippen LogP contribution >= 0.6 is 0 Å². The lowest BCUT2D eigenvalue weighted by molar-refractivity contribution is -0.121. The molecule has 0 fully saturated rings. The summed E-state index contributed by atoms with van der Waals surface area (Å²) in [4.78, 5) is 11.3. The van der Waals surface area contributed by atoms with Crippen LogP contribution in [0, 0.1) is 0 Å². The Bertz CT molecular complexity index is 165. The van der Waals surface area contributed by atoms with Gasteiger partial charge in [-0.25, -0.2) is 0 Å². The van der Waals surface area contributed by atoms with Crippen molar-refractivity contribution in [2.75, 3.05) is 40.5 Å². The van der Waals surface area contributed by atoms with E-state index in [-0.39, 0.29) is 12.0 Å². The van der Waals surface area contributed by atoms with Gasteiger partial charge >= 0.3 is 0 Å². The predicted molar refractivity (Wildman–Crippen MR) is 58.8 cm³/mol. The highest BCUT2D eigenvalue weighted by Crippen LogP contribution is 1.89. The number of ether oxygens (including phenoxy) is 2. The van der Waals surface area contributed by atoms with Crippen LogP contribution in [0.3, 0.4) is 0 Å². The van der Waals surface area contributed by atoms with E-state index in [1.807, 2.05) is 6.92 Å². The minimum absolute atomic E-state index is 0.0362. The average molecular weight is 218 g/mol. The van der Waals surface area contributed by atoms with Crippen LogP contribution in [0.1, 0.15) is 13.3 Å². The molecule has 0 aliphatic rings. The van der Waals surface area contributed by atoms with Crippen molar-refractivity contribution in [1.82, 2.24) is 10.6 Å². The Labute approximate surface area is 91.5 Å². The van der Waals surface area contributed by atoms with Crippen molar-refractivity contribution in [1.29, 1.82) is 0 Å². The monoisotopic (exact) mass is 218 g/mol. The molecule has 15 heavy (non-hydrogen) atoms. The maximum Gasteiger partial charge on any atom is 0.221 e. The Morgan fingerprint density at radius 3 is 2.67 bits per heavy atom. The van der Waals surface area contributed by atoms with Crippen molar-refractivity contribution < 1.29 is 14.3 Å². The first kappa shape index (κ1) is 14.3. The quantitative estimate of drug-likeness (QED) is 0.525. The lowest BCUT2D eigenvalue weighted by Crippen LogP contribution is -2.36. The van der Waals surface area contributed by atoms with Crippen LogP contribution in [-0.4, -0.2) is 52.5 Å². The number of hydrogen-bond acceptors (Lipinski definition) is 4. The van der Waals surface area contributed by atoms with Crippen LogP contribution in [0.2, 0.25) is 0 Å². The van der Waals surface area contributed by atoms with E-state index in [4.69, 9.17) is 9.47 Å². The molecule has 90 valence electrons. The zero-order valence-electron chi connectivity index (χ0n) is 9.84. The molecule has 0 heterocycles. The molecule has 0 aliphatic heterocycles. The number of amides is 1. The summed E-state index contributed by atoms with van der Waals surface area (Å²) in [6.07, 6.45) is 0.426. The Morgan fingerprint density at radius 2 is 2.13 bits per heavy atom. The van der Waals surface area contributed by atoms with E-state index >= 15 is 0 Å². The molecular formula is C10H22N2O3. The largest absolute Gasteiger partial charge is 0.382 e. The van der Waals surface area contributed by atoms with E-state index < -0.39 is 0 Å². The second kappa shape index (κ2) is 9.89. The number of nitrogens with one attached hydrogen (secondary N) is 2. The fraction of sp³-hybridized carbons (Fsp3) is 0.900.